The van der Waals surface area contributed by atoms with Gasteiger partial charge in [0.05, 0.1) is 19.8 Å². The van der Waals surface area contributed by atoms with Gasteiger partial charge in [0.2, 0.25) is 0 Å². The van der Waals surface area contributed by atoms with Crippen LogP contribution in [-0.2, 0) is 18.6 Å². The van der Waals surface area contributed by atoms with E-state index in [1.54, 1.807) is 7.11 Å². The molecule has 1 aromatic heterocycles. The molecular weight excluding hydrogens is 504 g/mol. The van der Waals surface area contributed by atoms with Crippen LogP contribution < -0.4 is 21.6 Å². The average molecular weight is 541 g/mol. The maximum Gasteiger partial charge on any atom is 0.330 e. The lowest BCUT2D eigenvalue weighted by atomic mass is 10.1. The second-order valence-electron chi connectivity index (χ2n) is 10.3. The molecule has 9 nitrogen and oxygen atoms in total. The Morgan fingerprint density at radius 1 is 0.947 bits per heavy atom. The smallest absolute Gasteiger partial charge is 0.330 e. The Bertz CT molecular complexity index is 1250. The van der Waals surface area contributed by atoms with Crippen LogP contribution in [0.1, 0.15) is 27.0 Å². The van der Waals surface area contributed by atoms with E-state index in [0.29, 0.717) is 6.61 Å². The predicted molar refractivity (Wildman–Crippen MR) is 146 cm³/mol. The molecule has 2 N–H and O–H groups in total. The summed E-state index contributed by atoms with van der Waals surface area (Å²) in [4.78, 5) is 26.7. The van der Waals surface area contributed by atoms with Crippen LogP contribution in [0.15, 0.2) is 82.5 Å². The van der Waals surface area contributed by atoms with Crippen molar-refractivity contribution in [2.75, 3.05) is 26.9 Å². The van der Waals surface area contributed by atoms with Gasteiger partial charge in [0.15, 0.2) is 6.23 Å². The van der Waals surface area contributed by atoms with Crippen LogP contribution in [0.25, 0.3) is 0 Å². The van der Waals surface area contributed by atoms with Gasteiger partial charge in [0.1, 0.15) is 18.3 Å². The van der Waals surface area contributed by atoms with E-state index in [1.807, 2.05) is 36.4 Å². The molecular formula is C28H36N2O7Si. The summed E-state index contributed by atoms with van der Waals surface area (Å²) < 4.78 is 26.3. The van der Waals surface area contributed by atoms with Gasteiger partial charge < -0.3 is 23.7 Å². The zero-order valence-corrected chi connectivity index (χ0v) is 23.2. The van der Waals surface area contributed by atoms with E-state index in [2.05, 4.69) is 50.0 Å². The summed E-state index contributed by atoms with van der Waals surface area (Å²) in [5.41, 5.74) is -1.15. The van der Waals surface area contributed by atoms with Gasteiger partial charge >= 0.3 is 5.69 Å². The lowest BCUT2D eigenvalue weighted by Crippen LogP contribution is -2.69. The van der Waals surface area contributed by atoms with E-state index >= 15 is 0 Å². The van der Waals surface area contributed by atoms with E-state index in [1.165, 1.54) is 16.8 Å². The Labute approximate surface area is 223 Å². The summed E-state index contributed by atoms with van der Waals surface area (Å²) in [7, 11) is -1.49. The van der Waals surface area contributed by atoms with Gasteiger partial charge in [0, 0.05) is 19.4 Å². The molecule has 10 heteroatoms. The quantitative estimate of drug-likeness (QED) is 0.295. The van der Waals surface area contributed by atoms with Crippen LogP contribution in [0.2, 0.25) is 5.04 Å². The van der Waals surface area contributed by atoms with Crippen molar-refractivity contribution >= 4 is 18.7 Å². The second kappa shape index (κ2) is 11.9. The molecule has 4 atom stereocenters. The number of nitrogens with zero attached hydrogens (tertiary/aromatic N) is 1. The van der Waals surface area contributed by atoms with Gasteiger partial charge in [-0.1, -0.05) is 81.4 Å². The number of benzene rings is 2. The van der Waals surface area contributed by atoms with Crippen LogP contribution in [0.4, 0.5) is 0 Å². The molecule has 2 heterocycles. The molecule has 1 aliphatic heterocycles. The molecule has 1 fully saturated rings. The first-order valence-electron chi connectivity index (χ1n) is 12.7. The van der Waals surface area contributed by atoms with Gasteiger partial charge in [0.25, 0.3) is 13.9 Å². The van der Waals surface area contributed by atoms with Crippen molar-refractivity contribution in [2.45, 2.75) is 50.3 Å². The summed E-state index contributed by atoms with van der Waals surface area (Å²) in [6, 6.07) is 21.5. The summed E-state index contributed by atoms with van der Waals surface area (Å²) in [5.74, 6) is 0. The molecule has 0 aliphatic carbocycles. The normalized spacial score (nSPS) is 22.0. The van der Waals surface area contributed by atoms with Crippen molar-refractivity contribution in [3.8, 4) is 0 Å². The summed E-state index contributed by atoms with van der Waals surface area (Å²) in [6.07, 6.45) is -1.85. The molecule has 0 saturated carbocycles. The number of aromatic amines is 1. The largest absolute Gasteiger partial charge is 0.399 e. The number of aliphatic hydroxyl groups excluding tert-OH is 1. The number of ether oxygens (including phenoxy) is 3. The van der Waals surface area contributed by atoms with Crippen molar-refractivity contribution in [1.82, 2.24) is 9.55 Å². The third-order valence-corrected chi connectivity index (χ3v) is 11.9. The third-order valence-electron chi connectivity index (χ3n) is 6.92. The minimum atomic E-state index is -3.06. The summed E-state index contributed by atoms with van der Waals surface area (Å²) >= 11 is 0. The summed E-state index contributed by atoms with van der Waals surface area (Å²) in [5, 5.41) is 12.2. The van der Waals surface area contributed by atoms with Crippen molar-refractivity contribution in [2.24, 2.45) is 0 Å². The lowest BCUT2D eigenvalue weighted by Gasteiger charge is -2.45. The molecule has 1 aliphatic rings. The second-order valence-corrected chi connectivity index (χ2v) is 14.6. The fraction of sp³-hybridized carbons (Fsp3) is 0.429. The van der Waals surface area contributed by atoms with E-state index in [4.69, 9.17) is 18.6 Å². The Balaban J connectivity index is 1.87. The minimum Gasteiger partial charge on any atom is -0.399 e. The number of H-pyrrole nitrogens is 1. The highest BCUT2D eigenvalue weighted by Gasteiger charge is 2.57. The van der Waals surface area contributed by atoms with Crippen molar-refractivity contribution < 1.29 is 23.7 Å². The molecule has 0 spiro atoms. The monoisotopic (exact) mass is 540 g/mol. The first-order chi connectivity index (χ1) is 18.2. The Hall–Kier alpha value is -2.86. The molecule has 2 aromatic carbocycles. The fourth-order valence-corrected chi connectivity index (χ4v) is 9.90. The average Bonchev–Trinajstić information content (AvgIpc) is 3.24. The zero-order valence-electron chi connectivity index (χ0n) is 22.2. The van der Waals surface area contributed by atoms with E-state index in [0.717, 1.165) is 10.4 Å². The van der Waals surface area contributed by atoms with Gasteiger partial charge in [-0.3, -0.25) is 14.3 Å². The molecule has 0 amide bonds. The zero-order chi connectivity index (χ0) is 27.3. The highest BCUT2D eigenvalue weighted by molar-refractivity contribution is 6.99. The number of aliphatic hydroxyl groups is 1. The maximum absolute atomic E-state index is 12.7. The Morgan fingerprint density at radius 2 is 1.55 bits per heavy atom. The fourth-order valence-electron chi connectivity index (χ4n) is 5.19. The van der Waals surface area contributed by atoms with Gasteiger partial charge in [-0.15, -0.1) is 0 Å². The van der Waals surface area contributed by atoms with Crippen LogP contribution >= 0.6 is 0 Å². The SMILES string of the molecule is COCCO[C@H]1[C@H](O[Si](c2ccccc2)(c2ccccc2)C(C)(C)C)[C@@H](CO)O[C@H]1n1ccc(=O)[nH]c1=O. The molecule has 38 heavy (non-hydrogen) atoms. The predicted octanol–water partition coefficient (Wildman–Crippen LogP) is 1.40. The molecule has 1 saturated heterocycles. The van der Waals surface area contributed by atoms with Crippen LogP contribution in [0, 0.1) is 0 Å². The number of rotatable bonds is 10. The summed E-state index contributed by atoms with van der Waals surface area (Å²) in [6.45, 7) is 6.67. The van der Waals surface area contributed by atoms with Crippen molar-refractivity contribution in [3.05, 3.63) is 93.8 Å². The molecule has 0 radical (unpaired) electrons. The first kappa shape index (κ1) is 28.2. The van der Waals surface area contributed by atoms with Gasteiger partial charge in [-0.2, -0.15) is 0 Å². The number of hydrogen-bond acceptors (Lipinski definition) is 7. The van der Waals surface area contributed by atoms with E-state index in [9.17, 15) is 14.7 Å². The number of aromatic nitrogens is 2. The topological polar surface area (TPSA) is 112 Å². The molecule has 0 bridgehead atoms. The van der Waals surface area contributed by atoms with Crippen molar-refractivity contribution in [3.63, 3.8) is 0 Å². The van der Waals surface area contributed by atoms with Crippen LogP contribution in [0.3, 0.4) is 0 Å². The molecule has 3 aromatic rings. The van der Waals surface area contributed by atoms with Crippen LogP contribution in [0.5, 0.6) is 0 Å². The van der Waals surface area contributed by atoms with Gasteiger partial charge in [-0.25, -0.2) is 4.79 Å². The molecule has 4 rings (SSSR count). The minimum absolute atomic E-state index is 0.220. The first-order valence-corrected chi connectivity index (χ1v) is 14.6. The number of methoxy groups -OCH3 is 1. The van der Waals surface area contributed by atoms with Crippen LogP contribution in [-0.4, -0.2) is 68.2 Å². The number of hydrogen-bond donors (Lipinski definition) is 2. The molecule has 204 valence electrons. The molecule has 0 unspecified atom stereocenters. The highest BCUT2D eigenvalue weighted by Crippen LogP contribution is 2.42. The number of nitrogens with one attached hydrogen (secondary N) is 1. The maximum atomic E-state index is 12.7. The standard InChI is InChI=1S/C28H36N2O7Si/c1-28(2,3)38(20-11-7-5-8-12-20,21-13-9-6-10-14-21)37-24-22(19-31)36-26(25(24)35-18-17-34-4)30-16-15-23(32)29-27(30)33/h5-16,22,24-26,31H,17-19H2,1-4H3,(H,29,32,33)/t22-,24-,25+,26-/m1/s1. The Morgan fingerprint density at radius 3 is 2.05 bits per heavy atom. The lowest BCUT2D eigenvalue weighted by molar-refractivity contribution is -0.0812. The van der Waals surface area contributed by atoms with E-state index in [-0.39, 0.29) is 18.3 Å². The highest BCUT2D eigenvalue weighted by atomic mass is 28.4. The Kier molecular flexibility index (Phi) is 8.81. The third kappa shape index (κ3) is 5.46. The van der Waals surface area contributed by atoms with Crippen molar-refractivity contribution in [1.29, 1.82) is 0 Å². The van der Waals surface area contributed by atoms with E-state index < -0.39 is 44.1 Å². The van der Waals surface area contributed by atoms with Gasteiger partial charge in [-0.05, 0) is 15.4 Å².